The molecule has 0 fully saturated rings. The predicted molar refractivity (Wildman–Crippen MR) is 92.9 cm³/mol. The van der Waals surface area contributed by atoms with Gasteiger partial charge in [-0.25, -0.2) is 0 Å². The summed E-state index contributed by atoms with van der Waals surface area (Å²) in [5, 5.41) is 0. The summed E-state index contributed by atoms with van der Waals surface area (Å²) in [4.78, 5) is 32.4. The summed E-state index contributed by atoms with van der Waals surface area (Å²) < 4.78 is 5.29. The molecule has 2 heterocycles. The molecular weight excluding hydrogens is 304 g/mol. The minimum Gasteiger partial charge on any atom is -0.465 e. The number of aromatic nitrogens is 1. The number of carbonyl (C=O) groups excluding carboxylic acids is 1. The zero-order valence-corrected chi connectivity index (χ0v) is 13.8. The van der Waals surface area contributed by atoms with Gasteiger partial charge in [-0.1, -0.05) is 37.3 Å². The Bertz CT molecular complexity index is 824. The highest BCUT2D eigenvalue weighted by atomic mass is 16.5. The molecule has 1 aliphatic rings. The van der Waals surface area contributed by atoms with Gasteiger partial charge in [0, 0.05) is 17.8 Å². The molecule has 24 heavy (non-hydrogen) atoms. The molecule has 1 N–H and O–H groups in total. The molecule has 5 heteroatoms. The summed E-state index contributed by atoms with van der Waals surface area (Å²) in [6.07, 6.45) is 2.21. The van der Waals surface area contributed by atoms with Gasteiger partial charge in [0.25, 0.3) is 5.56 Å². The van der Waals surface area contributed by atoms with Crippen LogP contribution in [0.1, 0.15) is 37.3 Å². The van der Waals surface area contributed by atoms with E-state index < -0.39 is 11.8 Å². The normalized spacial score (nSPS) is 19.3. The van der Waals surface area contributed by atoms with Gasteiger partial charge in [0.2, 0.25) is 0 Å². The van der Waals surface area contributed by atoms with Crippen molar-refractivity contribution in [1.82, 2.24) is 4.98 Å². The average molecular weight is 324 g/mol. The maximum Gasteiger partial charge on any atom is 0.315 e. The van der Waals surface area contributed by atoms with Gasteiger partial charge in [0.1, 0.15) is 5.92 Å². The van der Waals surface area contributed by atoms with Crippen molar-refractivity contribution in [2.24, 2.45) is 10.9 Å². The van der Waals surface area contributed by atoms with Crippen LogP contribution in [0.5, 0.6) is 0 Å². The second-order valence-corrected chi connectivity index (χ2v) is 5.68. The molecule has 1 aromatic heterocycles. The fourth-order valence-corrected chi connectivity index (χ4v) is 3.28. The van der Waals surface area contributed by atoms with E-state index in [0.717, 1.165) is 11.3 Å². The lowest BCUT2D eigenvalue weighted by molar-refractivity contribution is -0.146. The molecule has 0 saturated heterocycles. The van der Waals surface area contributed by atoms with E-state index in [1.807, 2.05) is 37.3 Å². The van der Waals surface area contributed by atoms with Gasteiger partial charge in [-0.05, 0) is 25.0 Å². The molecule has 0 spiro atoms. The number of carbonyl (C=O) groups is 1. The van der Waals surface area contributed by atoms with Crippen LogP contribution in [0.3, 0.4) is 0 Å². The van der Waals surface area contributed by atoms with E-state index in [1.165, 1.54) is 0 Å². The third-order valence-corrected chi connectivity index (χ3v) is 4.31. The van der Waals surface area contributed by atoms with Crippen LogP contribution < -0.4 is 5.56 Å². The summed E-state index contributed by atoms with van der Waals surface area (Å²) in [7, 11) is 0. The van der Waals surface area contributed by atoms with Gasteiger partial charge in [-0.3, -0.25) is 14.6 Å². The Morgan fingerprint density at radius 2 is 1.96 bits per heavy atom. The molecule has 0 radical (unpaired) electrons. The Morgan fingerprint density at radius 3 is 2.62 bits per heavy atom. The maximum absolute atomic E-state index is 12.7. The average Bonchev–Trinajstić information content (AvgIpc) is 2.61. The monoisotopic (exact) mass is 324 g/mol. The molecule has 2 unspecified atom stereocenters. The van der Waals surface area contributed by atoms with E-state index >= 15 is 0 Å². The second kappa shape index (κ2) is 6.83. The molecule has 1 aliphatic heterocycles. The van der Waals surface area contributed by atoms with Gasteiger partial charge < -0.3 is 9.72 Å². The van der Waals surface area contributed by atoms with E-state index in [4.69, 9.17) is 4.74 Å². The van der Waals surface area contributed by atoms with Crippen molar-refractivity contribution < 1.29 is 9.53 Å². The van der Waals surface area contributed by atoms with Crippen LogP contribution in [0.2, 0.25) is 0 Å². The molecule has 2 atom stereocenters. The first kappa shape index (κ1) is 16.2. The molecule has 0 amide bonds. The number of H-pyrrole nitrogens is 1. The summed E-state index contributed by atoms with van der Waals surface area (Å²) >= 11 is 0. The minimum absolute atomic E-state index is 0.213. The van der Waals surface area contributed by atoms with Gasteiger partial charge >= 0.3 is 5.97 Å². The van der Waals surface area contributed by atoms with Crippen LogP contribution in [0, 0.1) is 5.92 Å². The van der Waals surface area contributed by atoms with E-state index in [9.17, 15) is 9.59 Å². The summed E-state index contributed by atoms with van der Waals surface area (Å²) in [5.74, 6) is -1.30. The first-order valence-electron chi connectivity index (χ1n) is 8.18. The number of nitrogens with zero attached hydrogens (tertiary/aromatic N) is 1. The summed E-state index contributed by atoms with van der Waals surface area (Å²) in [6.45, 7) is 4.04. The number of benzene rings is 1. The third-order valence-electron chi connectivity index (χ3n) is 4.31. The topological polar surface area (TPSA) is 71.5 Å². The fourth-order valence-electron chi connectivity index (χ4n) is 3.28. The maximum atomic E-state index is 12.7. The molecule has 1 aromatic carbocycles. The largest absolute Gasteiger partial charge is 0.465 e. The lowest BCUT2D eigenvalue weighted by Crippen LogP contribution is -2.37. The minimum atomic E-state index is -0.576. The number of pyridine rings is 1. The number of hydrogen-bond donors (Lipinski definition) is 1. The van der Waals surface area contributed by atoms with Crippen molar-refractivity contribution >= 4 is 17.4 Å². The van der Waals surface area contributed by atoms with E-state index in [-0.39, 0.29) is 11.5 Å². The smallest absolute Gasteiger partial charge is 0.315 e. The lowest BCUT2D eigenvalue weighted by atomic mass is 9.75. The van der Waals surface area contributed by atoms with Crippen LogP contribution in [-0.4, -0.2) is 23.3 Å². The summed E-state index contributed by atoms with van der Waals surface area (Å²) in [5.41, 5.74) is 2.60. The number of ether oxygens (including phenoxy) is 1. The van der Waals surface area contributed by atoms with Crippen LogP contribution in [-0.2, 0) is 9.53 Å². The number of aliphatic imine (C=N–C) groups is 1. The van der Waals surface area contributed by atoms with Crippen molar-refractivity contribution in [2.45, 2.75) is 26.2 Å². The molecule has 5 nitrogen and oxygen atoms in total. The Labute approximate surface area is 140 Å². The van der Waals surface area contributed by atoms with Crippen molar-refractivity contribution in [3.8, 4) is 0 Å². The Balaban J connectivity index is 2.24. The van der Waals surface area contributed by atoms with Crippen molar-refractivity contribution in [3.63, 3.8) is 0 Å². The standard InChI is InChI=1S/C19H20N2O3/c1-3-13-17(19(23)24-4-2)15(12-8-6-5-7-9-12)16-14(21-13)10-11-20-18(16)22/h5-11,15,17H,3-4H2,1-2H3,(H,20,22). The van der Waals surface area contributed by atoms with Crippen LogP contribution in [0.25, 0.3) is 0 Å². The highest BCUT2D eigenvalue weighted by Gasteiger charge is 2.40. The first-order valence-corrected chi connectivity index (χ1v) is 8.18. The number of aromatic amines is 1. The zero-order valence-electron chi connectivity index (χ0n) is 13.8. The third kappa shape index (κ3) is 2.77. The Kier molecular flexibility index (Phi) is 4.60. The Hall–Kier alpha value is -2.69. The van der Waals surface area contributed by atoms with Crippen molar-refractivity contribution in [3.05, 3.63) is 64.1 Å². The molecule has 0 bridgehead atoms. The van der Waals surface area contributed by atoms with Crippen LogP contribution in [0.15, 0.2) is 52.4 Å². The highest BCUT2D eigenvalue weighted by molar-refractivity contribution is 6.06. The number of fused-ring (bicyclic) bond motifs is 1. The van der Waals surface area contributed by atoms with Crippen molar-refractivity contribution in [1.29, 1.82) is 0 Å². The van der Waals surface area contributed by atoms with E-state index in [1.54, 1.807) is 19.2 Å². The highest BCUT2D eigenvalue weighted by Crippen LogP contribution is 2.41. The molecule has 3 rings (SSSR count). The van der Waals surface area contributed by atoms with Crippen LogP contribution >= 0.6 is 0 Å². The van der Waals surface area contributed by atoms with Gasteiger partial charge in [-0.15, -0.1) is 0 Å². The molecule has 124 valence electrons. The van der Waals surface area contributed by atoms with E-state index in [0.29, 0.717) is 24.3 Å². The quantitative estimate of drug-likeness (QED) is 0.878. The van der Waals surface area contributed by atoms with Gasteiger partial charge in [-0.2, -0.15) is 0 Å². The summed E-state index contributed by atoms with van der Waals surface area (Å²) in [6, 6.07) is 11.4. The van der Waals surface area contributed by atoms with Crippen LogP contribution in [0.4, 0.5) is 5.69 Å². The SMILES string of the molecule is CCOC(=O)C1C(CC)=Nc2cc[nH]c(=O)c2C1c1ccccc1. The number of nitrogens with one attached hydrogen (secondary N) is 1. The predicted octanol–water partition coefficient (Wildman–Crippen LogP) is 3.18. The first-order chi connectivity index (χ1) is 11.7. The number of hydrogen-bond acceptors (Lipinski definition) is 4. The lowest BCUT2D eigenvalue weighted by Gasteiger charge is -2.31. The Morgan fingerprint density at radius 1 is 1.21 bits per heavy atom. The molecule has 2 aromatic rings. The molecule has 0 aliphatic carbocycles. The number of rotatable bonds is 4. The second-order valence-electron chi connectivity index (χ2n) is 5.68. The van der Waals surface area contributed by atoms with Gasteiger partial charge in [0.05, 0.1) is 17.9 Å². The van der Waals surface area contributed by atoms with Gasteiger partial charge in [0.15, 0.2) is 0 Å². The zero-order chi connectivity index (χ0) is 17.1. The molecule has 0 saturated carbocycles. The fraction of sp³-hybridized carbons (Fsp3) is 0.316. The number of esters is 1. The molecular formula is C19H20N2O3. The van der Waals surface area contributed by atoms with Crippen molar-refractivity contribution in [2.75, 3.05) is 6.61 Å². The van der Waals surface area contributed by atoms with E-state index in [2.05, 4.69) is 9.98 Å².